The van der Waals surface area contributed by atoms with Gasteiger partial charge in [-0.05, 0) is 35.2 Å². The summed E-state index contributed by atoms with van der Waals surface area (Å²) in [6.45, 7) is 1.56. The lowest BCUT2D eigenvalue weighted by molar-refractivity contribution is -0.269. The number of aliphatic hydroxyl groups is 1. The number of alkyl halides is 3. The van der Waals surface area contributed by atoms with Crippen molar-refractivity contribution in [2.24, 2.45) is 0 Å². The number of phenolic OH excluding ortho intramolecular Hbond substituents is 1. The zero-order valence-corrected chi connectivity index (χ0v) is 12.4. The third kappa shape index (κ3) is 3.32. The summed E-state index contributed by atoms with van der Waals surface area (Å²) in [5.41, 5.74) is -2.26. The maximum atomic E-state index is 13.4. The molecule has 0 aliphatic rings. The molecule has 124 valence electrons. The van der Waals surface area contributed by atoms with Crippen LogP contribution in [0.3, 0.4) is 0 Å². The summed E-state index contributed by atoms with van der Waals surface area (Å²) in [6.07, 6.45) is -5.06. The van der Waals surface area contributed by atoms with E-state index in [9.17, 15) is 22.7 Å². The highest BCUT2D eigenvalue weighted by atomic mass is 19.4. The first-order valence-electron chi connectivity index (χ1n) is 7.07. The lowest BCUT2D eigenvalue weighted by Gasteiger charge is -2.30. The number of aromatic hydroxyl groups is 1. The number of hydrogen-bond donors (Lipinski definition) is 2. The third-order valence-corrected chi connectivity index (χ3v) is 3.72. The number of halogens is 4. The molecule has 0 bridgehead atoms. The van der Waals surface area contributed by atoms with E-state index in [1.54, 1.807) is 6.92 Å². The number of rotatable bonds is 4. The van der Waals surface area contributed by atoms with Crippen molar-refractivity contribution in [3.8, 4) is 16.9 Å². The van der Waals surface area contributed by atoms with E-state index in [0.717, 1.165) is 6.07 Å². The Bertz CT molecular complexity index is 680. The molecule has 2 nitrogen and oxygen atoms in total. The lowest BCUT2D eigenvalue weighted by Crippen LogP contribution is -2.42. The standard InChI is InChI=1S/C17H16F4O2/c1-2-9-16(23,17(19,20)21)13-6-3-11(4-7-13)12-5-8-15(22)14(18)10-12/h3-8,10,22-23H,2,9H2,1H3. The van der Waals surface area contributed by atoms with Crippen LogP contribution >= 0.6 is 0 Å². The summed E-state index contributed by atoms with van der Waals surface area (Å²) >= 11 is 0. The van der Waals surface area contributed by atoms with Crippen molar-refractivity contribution in [1.82, 2.24) is 0 Å². The van der Waals surface area contributed by atoms with Crippen molar-refractivity contribution in [2.75, 3.05) is 0 Å². The minimum Gasteiger partial charge on any atom is -0.505 e. The molecule has 2 aromatic carbocycles. The fraction of sp³-hybridized carbons (Fsp3) is 0.294. The Morgan fingerprint density at radius 2 is 1.52 bits per heavy atom. The highest BCUT2D eigenvalue weighted by Gasteiger charge is 2.54. The second-order valence-electron chi connectivity index (χ2n) is 5.35. The van der Waals surface area contributed by atoms with Crippen molar-refractivity contribution in [3.63, 3.8) is 0 Å². The van der Waals surface area contributed by atoms with Gasteiger partial charge in [0.15, 0.2) is 17.2 Å². The molecule has 23 heavy (non-hydrogen) atoms. The van der Waals surface area contributed by atoms with Crippen LogP contribution in [0.4, 0.5) is 17.6 Å². The van der Waals surface area contributed by atoms with Gasteiger partial charge < -0.3 is 10.2 Å². The van der Waals surface area contributed by atoms with E-state index in [1.165, 1.54) is 36.4 Å². The Morgan fingerprint density at radius 1 is 0.957 bits per heavy atom. The van der Waals surface area contributed by atoms with Crippen LogP contribution in [0.25, 0.3) is 11.1 Å². The Labute approximate surface area is 131 Å². The number of hydrogen-bond acceptors (Lipinski definition) is 2. The van der Waals surface area contributed by atoms with Gasteiger partial charge in [0.25, 0.3) is 0 Å². The number of phenols is 1. The molecule has 2 aromatic rings. The number of benzene rings is 2. The second-order valence-corrected chi connectivity index (χ2v) is 5.35. The topological polar surface area (TPSA) is 40.5 Å². The molecule has 0 spiro atoms. The molecule has 0 aromatic heterocycles. The molecule has 0 aliphatic heterocycles. The fourth-order valence-corrected chi connectivity index (χ4v) is 2.44. The van der Waals surface area contributed by atoms with E-state index in [2.05, 4.69) is 0 Å². The fourth-order valence-electron chi connectivity index (χ4n) is 2.44. The van der Waals surface area contributed by atoms with Crippen LogP contribution < -0.4 is 0 Å². The maximum absolute atomic E-state index is 13.4. The molecule has 1 unspecified atom stereocenters. The second kappa shape index (κ2) is 6.20. The van der Waals surface area contributed by atoms with Gasteiger partial charge in [-0.1, -0.05) is 43.7 Å². The molecule has 0 fully saturated rings. The van der Waals surface area contributed by atoms with E-state index in [0.29, 0.717) is 11.1 Å². The molecule has 0 saturated carbocycles. The monoisotopic (exact) mass is 328 g/mol. The molecular formula is C17H16F4O2. The van der Waals surface area contributed by atoms with Gasteiger partial charge >= 0.3 is 6.18 Å². The van der Waals surface area contributed by atoms with Crippen molar-refractivity contribution in [2.45, 2.75) is 31.5 Å². The molecule has 0 aliphatic carbocycles. The predicted molar refractivity (Wildman–Crippen MR) is 78.4 cm³/mol. The van der Waals surface area contributed by atoms with Gasteiger partial charge in [0.05, 0.1) is 0 Å². The quantitative estimate of drug-likeness (QED) is 0.795. The van der Waals surface area contributed by atoms with Gasteiger partial charge in [-0.2, -0.15) is 13.2 Å². The molecule has 2 N–H and O–H groups in total. The Hall–Kier alpha value is -2.08. The van der Waals surface area contributed by atoms with Crippen molar-refractivity contribution < 1.29 is 27.8 Å². The van der Waals surface area contributed by atoms with E-state index in [-0.39, 0.29) is 12.0 Å². The summed E-state index contributed by atoms with van der Waals surface area (Å²) < 4.78 is 52.9. The van der Waals surface area contributed by atoms with E-state index in [1.807, 2.05) is 0 Å². The minimum absolute atomic E-state index is 0.168. The van der Waals surface area contributed by atoms with Gasteiger partial charge in [-0.3, -0.25) is 0 Å². The van der Waals surface area contributed by atoms with E-state index in [4.69, 9.17) is 5.11 Å². The minimum atomic E-state index is -4.78. The van der Waals surface area contributed by atoms with Crippen LogP contribution in [-0.4, -0.2) is 16.4 Å². The van der Waals surface area contributed by atoms with Crippen molar-refractivity contribution >= 4 is 0 Å². The molecule has 0 amide bonds. The first kappa shape index (κ1) is 17.3. The summed E-state index contributed by atoms with van der Waals surface area (Å²) in [5.74, 6) is -1.32. The van der Waals surface area contributed by atoms with Crippen molar-refractivity contribution in [3.05, 3.63) is 53.8 Å². The highest BCUT2D eigenvalue weighted by molar-refractivity contribution is 5.64. The third-order valence-electron chi connectivity index (χ3n) is 3.72. The van der Waals surface area contributed by atoms with Crippen LogP contribution in [-0.2, 0) is 5.60 Å². The SMILES string of the molecule is CCCC(O)(c1ccc(-c2ccc(O)c(F)c2)cc1)C(F)(F)F. The Morgan fingerprint density at radius 3 is 2.00 bits per heavy atom. The molecule has 0 heterocycles. The Balaban J connectivity index is 2.39. The van der Waals surface area contributed by atoms with Gasteiger partial charge in [0.2, 0.25) is 0 Å². The highest BCUT2D eigenvalue weighted by Crippen LogP contribution is 2.42. The van der Waals surface area contributed by atoms with Crippen LogP contribution in [0.15, 0.2) is 42.5 Å². The predicted octanol–water partition coefficient (Wildman–Crippen LogP) is 4.75. The zero-order chi connectivity index (χ0) is 17.3. The summed E-state index contributed by atoms with van der Waals surface area (Å²) in [5, 5.41) is 19.2. The summed E-state index contributed by atoms with van der Waals surface area (Å²) in [4.78, 5) is 0. The molecule has 1 atom stereocenters. The van der Waals surface area contributed by atoms with Crippen molar-refractivity contribution in [1.29, 1.82) is 0 Å². The van der Waals surface area contributed by atoms with Crippen LogP contribution in [0.2, 0.25) is 0 Å². The van der Waals surface area contributed by atoms with Crippen LogP contribution in [0.5, 0.6) is 5.75 Å². The first-order valence-corrected chi connectivity index (χ1v) is 7.07. The Kier molecular flexibility index (Phi) is 4.66. The summed E-state index contributed by atoms with van der Waals surface area (Å²) in [7, 11) is 0. The molecule has 2 rings (SSSR count). The largest absolute Gasteiger partial charge is 0.505 e. The van der Waals surface area contributed by atoms with E-state index >= 15 is 0 Å². The molecule has 0 radical (unpaired) electrons. The average molecular weight is 328 g/mol. The van der Waals surface area contributed by atoms with Gasteiger partial charge in [0.1, 0.15) is 0 Å². The smallest absolute Gasteiger partial charge is 0.421 e. The normalized spacial score (nSPS) is 14.5. The maximum Gasteiger partial charge on any atom is 0.421 e. The van der Waals surface area contributed by atoms with Gasteiger partial charge in [-0.25, -0.2) is 4.39 Å². The summed E-state index contributed by atoms with van der Waals surface area (Å²) in [6, 6.07) is 8.84. The van der Waals surface area contributed by atoms with Gasteiger partial charge in [0, 0.05) is 0 Å². The molecule has 6 heteroatoms. The van der Waals surface area contributed by atoms with Crippen LogP contribution in [0, 0.1) is 5.82 Å². The average Bonchev–Trinajstić information content (AvgIpc) is 2.49. The molecule has 0 saturated heterocycles. The lowest BCUT2D eigenvalue weighted by atomic mass is 9.87. The first-order chi connectivity index (χ1) is 10.7. The zero-order valence-electron chi connectivity index (χ0n) is 12.4. The van der Waals surface area contributed by atoms with Crippen LogP contribution in [0.1, 0.15) is 25.3 Å². The van der Waals surface area contributed by atoms with E-state index < -0.39 is 29.8 Å². The molecular weight excluding hydrogens is 312 g/mol. The van der Waals surface area contributed by atoms with Gasteiger partial charge in [-0.15, -0.1) is 0 Å².